The molecule has 4 heteroatoms. The molecule has 0 saturated carbocycles. The van der Waals surface area contributed by atoms with Crippen molar-refractivity contribution in [2.75, 3.05) is 39.3 Å². The molecule has 2 N–H and O–H groups in total. The summed E-state index contributed by atoms with van der Waals surface area (Å²) >= 11 is 0. The molecule has 0 bridgehead atoms. The zero-order chi connectivity index (χ0) is 13.2. The van der Waals surface area contributed by atoms with Crippen LogP contribution in [0.3, 0.4) is 0 Å². The number of likely N-dealkylation sites (tertiary alicyclic amines) is 2. The van der Waals surface area contributed by atoms with Gasteiger partial charge in [0.15, 0.2) is 0 Å². The summed E-state index contributed by atoms with van der Waals surface area (Å²) in [6.07, 6.45) is 3.44. The summed E-state index contributed by atoms with van der Waals surface area (Å²) < 4.78 is 0. The number of carbonyl (C=O) groups is 1. The Kier molecular flexibility index (Phi) is 4.28. The van der Waals surface area contributed by atoms with Crippen molar-refractivity contribution in [2.24, 2.45) is 17.1 Å². The van der Waals surface area contributed by atoms with Gasteiger partial charge in [0.2, 0.25) is 5.91 Å². The summed E-state index contributed by atoms with van der Waals surface area (Å²) in [5.74, 6) is 1.09. The summed E-state index contributed by atoms with van der Waals surface area (Å²) in [6, 6.07) is 0. The van der Waals surface area contributed by atoms with Crippen molar-refractivity contribution in [1.29, 1.82) is 0 Å². The highest BCUT2D eigenvalue weighted by Gasteiger charge is 2.34. The Morgan fingerprint density at radius 3 is 2.56 bits per heavy atom. The van der Waals surface area contributed by atoms with Gasteiger partial charge in [0, 0.05) is 19.6 Å². The maximum Gasteiger partial charge on any atom is 0.236 e. The SMILES string of the molecule is CC1CCN(C(=O)CN2CCC(C)(CN)C2)CC1. The number of rotatable bonds is 3. The van der Waals surface area contributed by atoms with Gasteiger partial charge in [0.25, 0.3) is 0 Å². The fraction of sp³-hybridized carbons (Fsp3) is 0.929. The van der Waals surface area contributed by atoms with Gasteiger partial charge < -0.3 is 10.6 Å². The molecule has 2 fully saturated rings. The predicted octanol–water partition coefficient (Wildman–Crippen LogP) is 0.916. The second-order valence-electron chi connectivity index (χ2n) is 6.54. The molecule has 18 heavy (non-hydrogen) atoms. The normalized spacial score (nSPS) is 30.9. The Hall–Kier alpha value is -0.610. The lowest BCUT2D eigenvalue weighted by Gasteiger charge is -2.32. The Morgan fingerprint density at radius 2 is 2.00 bits per heavy atom. The van der Waals surface area contributed by atoms with Gasteiger partial charge in [-0.1, -0.05) is 13.8 Å². The molecule has 0 aromatic carbocycles. The van der Waals surface area contributed by atoms with E-state index < -0.39 is 0 Å². The molecule has 104 valence electrons. The van der Waals surface area contributed by atoms with Gasteiger partial charge in [-0.2, -0.15) is 0 Å². The molecule has 0 aliphatic carbocycles. The van der Waals surface area contributed by atoms with Gasteiger partial charge in [-0.3, -0.25) is 9.69 Å². The van der Waals surface area contributed by atoms with E-state index >= 15 is 0 Å². The first-order chi connectivity index (χ1) is 8.52. The van der Waals surface area contributed by atoms with Crippen molar-refractivity contribution in [3.05, 3.63) is 0 Å². The van der Waals surface area contributed by atoms with Crippen LogP contribution in [0.5, 0.6) is 0 Å². The van der Waals surface area contributed by atoms with Crippen LogP contribution in [0.2, 0.25) is 0 Å². The van der Waals surface area contributed by atoms with Gasteiger partial charge in [-0.25, -0.2) is 0 Å². The van der Waals surface area contributed by atoms with Crippen molar-refractivity contribution < 1.29 is 4.79 Å². The van der Waals surface area contributed by atoms with E-state index in [1.165, 1.54) is 0 Å². The van der Waals surface area contributed by atoms with Crippen LogP contribution in [0.1, 0.15) is 33.1 Å². The van der Waals surface area contributed by atoms with Gasteiger partial charge in [0.05, 0.1) is 6.54 Å². The summed E-state index contributed by atoms with van der Waals surface area (Å²) in [5.41, 5.74) is 6.02. The zero-order valence-corrected chi connectivity index (χ0v) is 11.8. The average molecular weight is 253 g/mol. The molecule has 2 heterocycles. The standard InChI is InChI=1S/C14H27N3O/c1-12-3-6-17(7-4-12)13(18)9-16-8-5-14(2,10-15)11-16/h12H,3-11,15H2,1-2H3. The highest BCUT2D eigenvalue weighted by Crippen LogP contribution is 2.28. The van der Waals surface area contributed by atoms with Crippen LogP contribution >= 0.6 is 0 Å². The third-order valence-electron chi connectivity index (χ3n) is 4.62. The van der Waals surface area contributed by atoms with Crippen molar-refractivity contribution in [2.45, 2.75) is 33.1 Å². The minimum Gasteiger partial charge on any atom is -0.342 e. The lowest BCUT2D eigenvalue weighted by molar-refractivity contribution is -0.133. The van der Waals surface area contributed by atoms with E-state index in [0.29, 0.717) is 12.5 Å². The zero-order valence-electron chi connectivity index (χ0n) is 11.8. The number of hydrogen-bond acceptors (Lipinski definition) is 3. The average Bonchev–Trinajstić information content (AvgIpc) is 2.72. The van der Waals surface area contributed by atoms with E-state index in [1.807, 2.05) is 4.90 Å². The molecule has 4 nitrogen and oxygen atoms in total. The number of nitrogens with two attached hydrogens (primary N) is 1. The van der Waals surface area contributed by atoms with Crippen LogP contribution in [0.4, 0.5) is 0 Å². The summed E-state index contributed by atoms with van der Waals surface area (Å²) in [5, 5.41) is 0. The molecule has 2 aliphatic heterocycles. The van der Waals surface area contributed by atoms with Crippen molar-refractivity contribution in [1.82, 2.24) is 9.80 Å². The van der Waals surface area contributed by atoms with Crippen LogP contribution in [0.25, 0.3) is 0 Å². The van der Waals surface area contributed by atoms with Gasteiger partial charge in [-0.15, -0.1) is 0 Å². The third-order valence-corrected chi connectivity index (χ3v) is 4.62. The second kappa shape index (κ2) is 5.57. The molecule has 0 aromatic heterocycles. The molecule has 2 aliphatic rings. The van der Waals surface area contributed by atoms with E-state index in [1.54, 1.807) is 0 Å². The van der Waals surface area contributed by atoms with Crippen LogP contribution in [0.15, 0.2) is 0 Å². The summed E-state index contributed by atoms with van der Waals surface area (Å²) in [6.45, 7) is 9.69. The van der Waals surface area contributed by atoms with E-state index in [2.05, 4.69) is 18.7 Å². The van der Waals surface area contributed by atoms with Crippen molar-refractivity contribution in [3.8, 4) is 0 Å². The fourth-order valence-corrected chi connectivity index (χ4v) is 2.98. The minimum atomic E-state index is 0.219. The smallest absolute Gasteiger partial charge is 0.236 e. The maximum absolute atomic E-state index is 12.2. The highest BCUT2D eigenvalue weighted by atomic mass is 16.2. The maximum atomic E-state index is 12.2. The summed E-state index contributed by atoms with van der Waals surface area (Å²) in [7, 11) is 0. The van der Waals surface area contributed by atoms with Gasteiger partial charge in [-0.05, 0) is 43.7 Å². The summed E-state index contributed by atoms with van der Waals surface area (Å²) in [4.78, 5) is 16.5. The molecule has 1 atom stereocenters. The molecular weight excluding hydrogens is 226 g/mol. The Balaban J connectivity index is 1.78. The molecule has 2 rings (SSSR count). The van der Waals surface area contributed by atoms with Crippen LogP contribution in [-0.2, 0) is 4.79 Å². The third kappa shape index (κ3) is 3.23. The van der Waals surface area contributed by atoms with E-state index in [-0.39, 0.29) is 5.41 Å². The minimum absolute atomic E-state index is 0.219. The number of amides is 1. The van der Waals surface area contributed by atoms with Gasteiger partial charge >= 0.3 is 0 Å². The first-order valence-corrected chi connectivity index (χ1v) is 7.23. The topological polar surface area (TPSA) is 49.6 Å². The molecule has 1 amide bonds. The highest BCUT2D eigenvalue weighted by molar-refractivity contribution is 5.78. The number of piperidine rings is 1. The first kappa shape index (κ1) is 13.8. The van der Waals surface area contributed by atoms with Crippen molar-refractivity contribution >= 4 is 5.91 Å². The lowest BCUT2D eigenvalue weighted by atomic mass is 9.90. The van der Waals surface area contributed by atoms with E-state index in [4.69, 9.17) is 5.73 Å². The molecule has 1 unspecified atom stereocenters. The van der Waals surface area contributed by atoms with Gasteiger partial charge in [0.1, 0.15) is 0 Å². The molecule has 0 spiro atoms. The monoisotopic (exact) mass is 253 g/mol. The second-order valence-corrected chi connectivity index (χ2v) is 6.54. The Morgan fingerprint density at radius 1 is 1.33 bits per heavy atom. The largest absolute Gasteiger partial charge is 0.342 e. The first-order valence-electron chi connectivity index (χ1n) is 7.23. The number of nitrogens with zero attached hydrogens (tertiary/aromatic N) is 2. The molecular formula is C14H27N3O. The van der Waals surface area contributed by atoms with Crippen LogP contribution < -0.4 is 5.73 Å². The number of carbonyl (C=O) groups excluding carboxylic acids is 1. The lowest BCUT2D eigenvalue weighted by Crippen LogP contribution is -2.44. The van der Waals surface area contributed by atoms with E-state index in [0.717, 1.165) is 57.9 Å². The quantitative estimate of drug-likeness (QED) is 0.813. The van der Waals surface area contributed by atoms with Crippen molar-refractivity contribution in [3.63, 3.8) is 0 Å². The van der Waals surface area contributed by atoms with Crippen LogP contribution in [-0.4, -0.2) is 55.0 Å². The molecule has 0 radical (unpaired) electrons. The van der Waals surface area contributed by atoms with Crippen LogP contribution in [0, 0.1) is 11.3 Å². The predicted molar refractivity (Wildman–Crippen MR) is 73.2 cm³/mol. The molecule has 2 saturated heterocycles. The fourth-order valence-electron chi connectivity index (χ4n) is 2.98. The Labute approximate surface area is 110 Å². The number of hydrogen-bond donors (Lipinski definition) is 1. The Bertz CT molecular complexity index is 299. The molecule has 0 aromatic rings. The van der Waals surface area contributed by atoms with E-state index in [9.17, 15) is 4.79 Å².